The molecule has 0 aliphatic carbocycles. The molecule has 0 N–H and O–H groups in total. The average Bonchev–Trinajstić information content (AvgIpc) is 3.44. The molecular formula is C33H26O3. The predicted molar refractivity (Wildman–Crippen MR) is 150 cm³/mol. The number of allylic oxidation sites excluding steroid dienone is 4. The average molecular weight is 471 g/mol. The highest BCUT2D eigenvalue weighted by atomic mass is 16.5. The van der Waals surface area contributed by atoms with Gasteiger partial charge >= 0.3 is 0 Å². The maximum absolute atomic E-state index is 6.33. The summed E-state index contributed by atoms with van der Waals surface area (Å²) in [6.07, 6.45) is 5.93. The highest BCUT2D eigenvalue weighted by Crippen LogP contribution is 2.38. The zero-order valence-corrected chi connectivity index (χ0v) is 20.6. The molecule has 176 valence electrons. The van der Waals surface area contributed by atoms with E-state index in [-0.39, 0.29) is 0 Å². The summed E-state index contributed by atoms with van der Waals surface area (Å²) in [4.78, 5) is 0. The highest BCUT2D eigenvalue weighted by molar-refractivity contribution is 6.15. The molecule has 0 amide bonds. The van der Waals surface area contributed by atoms with E-state index in [9.17, 15) is 0 Å². The standard InChI is InChI=1S/C33H26O3/c1-5-22(11-8-21(3)34-4)24-12-14-26-28-18-33-29(19-32(28)35-30(26)16-24)27-15-13-25(17-31(27)36-33)23-9-6-20(2)7-10-23/h5-19H,3H2,1-2,4H3/b11-8-,22-5+. The van der Waals surface area contributed by atoms with E-state index in [1.165, 1.54) is 11.1 Å². The van der Waals surface area contributed by atoms with Gasteiger partial charge in [-0.2, -0.15) is 0 Å². The molecular weight excluding hydrogens is 444 g/mol. The smallest absolute Gasteiger partial charge is 0.136 e. The van der Waals surface area contributed by atoms with Crippen LogP contribution in [0.5, 0.6) is 0 Å². The Kier molecular flexibility index (Phi) is 5.26. The second-order valence-corrected chi connectivity index (χ2v) is 9.08. The summed E-state index contributed by atoms with van der Waals surface area (Å²) in [5, 5.41) is 4.26. The molecule has 0 radical (unpaired) electrons. The lowest BCUT2D eigenvalue weighted by Gasteiger charge is -2.03. The molecule has 0 atom stereocenters. The number of hydrogen-bond acceptors (Lipinski definition) is 3. The second-order valence-electron chi connectivity index (χ2n) is 9.08. The number of benzene rings is 4. The van der Waals surface area contributed by atoms with Crippen molar-refractivity contribution in [3.05, 3.63) is 114 Å². The van der Waals surface area contributed by atoms with Gasteiger partial charge < -0.3 is 13.6 Å². The first-order valence-electron chi connectivity index (χ1n) is 12.0. The van der Waals surface area contributed by atoms with Gasteiger partial charge in [-0.15, -0.1) is 0 Å². The van der Waals surface area contributed by atoms with Gasteiger partial charge in [-0.1, -0.05) is 60.7 Å². The van der Waals surface area contributed by atoms with E-state index in [0.29, 0.717) is 5.76 Å². The third kappa shape index (κ3) is 3.70. The van der Waals surface area contributed by atoms with E-state index in [4.69, 9.17) is 13.6 Å². The van der Waals surface area contributed by atoms with Gasteiger partial charge in [-0.05, 0) is 78.6 Å². The van der Waals surface area contributed by atoms with Crippen molar-refractivity contribution in [3.63, 3.8) is 0 Å². The molecule has 0 aliphatic heterocycles. The first-order chi connectivity index (χ1) is 17.5. The summed E-state index contributed by atoms with van der Waals surface area (Å²) in [5.74, 6) is 0.611. The van der Waals surface area contributed by atoms with Gasteiger partial charge in [0.15, 0.2) is 0 Å². The lowest BCUT2D eigenvalue weighted by atomic mass is 10.0. The highest BCUT2D eigenvalue weighted by Gasteiger charge is 2.14. The molecule has 6 rings (SSSR count). The molecule has 3 nitrogen and oxygen atoms in total. The number of rotatable bonds is 5. The van der Waals surface area contributed by atoms with E-state index in [1.807, 2.05) is 19.1 Å². The number of ether oxygens (including phenoxy) is 1. The van der Waals surface area contributed by atoms with Crippen LogP contribution in [0.4, 0.5) is 0 Å². The molecule has 0 aliphatic rings. The Labute approximate surface area is 209 Å². The Morgan fingerprint density at radius 3 is 1.92 bits per heavy atom. The van der Waals surface area contributed by atoms with Gasteiger partial charge in [0.25, 0.3) is 0 Å². The first kappa shape index (κ1) is 22.0. The van der Waals surface area contributed by atoms with Crippen molar-refractivity contribution in [2.45, 2.75) is 13.8 Å². The van der Waals surface area contributed by atoms with Gasteiger partial charge in [-0.3, -0.25) is 0 Å². The summed E-state index contributed by atoms with van der Waals surface area (Å²) in [6.45, 7) is 7.97. The number of hydrogen-bond donors (Lipinski definition) is 0. The van der Waals surface area contributed by atoms with Crippen LogP contribution >= 0.6 is 0 Å². The zero-order valence-electron chi connectivity index (χ0n) is 20.6. The van der Waals surface area contributed by atoms with E-state index < -0.39 is 0 Å². The maximum Gasteiger partial charge on any atom is 0.136 e. The fraction of sp³-hybridized carbons (Fsp3) is 0.0909. The maximum atomic E-state index is 6.33. The van der Waals surface area contributed by atoms with Crippen molar-refractivity contribution < 1.29 is 13.6 Å². The Morgan fingerprint density at radius 2 is 1.28 bits per heavy atom. The predicted octanol–water partition coefficient (Wildman–Crippen LogP) is 9.58. The molecule has 0 bridgehead atoms. The van der Waals surface area contributed by atoms with E-state index in [0.717, 1.165) is 60.6 Å². The summed E-state index contributed by atoms with van der Waals surface area (Å²) < 4.78 is 17.8. The largest absolute Gasteiger partial charge is 0.497 e. The third-order valence-corrected chi connectivity index (χ3v) is 6.81. The Bertz CT molecular complexity index is 1840. The van der Waals surface area contributed by atoms with E-state index in [1.54, 1.807) is 7.11 Å². The lowest BCUT2D eigenvalue weighted by Crippen LogP contribution is -1.82. The third-order valence-electron chi connectivity index (χ3n) is 6.81. The van der Waals surface area contributed by atoms with Gasteiger partial charge in [0.2, 0.25) is 0 Å². The summed E-state index contributed by atoms with van der Waals surface area (Å²) in [6, 6.07) is 25.5. The van der Waals surface area contributed by atoms with Gasteiger partial charge in [0, 0.05) is 21.5 Å². The number of methoxy groups -OCH3 is 1. The molecule has 36 heavy (non-hydrogen) atoms. The van der Waals surface area contributed by atoms with E-state index in [2.05, 4.69) is 92.4 Å². The molecule has 0 saturated carbocycles. The fourth-order valence-electron chi connectivity index (χ4n) is 4.76. The Hall–Kier alpha value is -4.50. The number of furan rings is 2. The van der Waals surface area contributed by atoms with Crippen molar-refractivity contribution in [1.82, 2.24) is 0 Å². The number of aryl methyl sites for hydroxylation is 1. The molecule has 0 fully saturated rings. The SMILES string of the molecule is C=C(/C=C\C(=C/C)c1ccc2c(c1)oc1cc3c(cc12)oc1cc(-c2ccc(C)cc2)ccc13)OC. The van der Waals surface area contributed by atoms with Crippen molar-refractivity contribution in [2.75, 3.05) is 7.11 Å². The van der Waals surface area contributed by atoms with E-state index >= 15 is 0 Å². The Morgan fingerprint density at radius 1 is 0.694 bits per heavy atom. The monoisotopic (exact) mass is 470 g/mol. The number of fused-ring (bicyclic) bond motifs is 6. The van der Waals surface area contributed by atoms with Crippen LogP contribution in [0, 0.1) is 6.92 Å². The van der Waals surface area contributed by atoms with Crippen LogP contribution < -0.4 is 0 Å². The fourth-order valence-corrected chi connectivity index (χ4v) is 4.76. The van der Waals surface area contributed by atoms with Crippen LogP contribution in [0.1, 0.15) is 18.1 Å². The van der Waals surface area contributed by atoms with Crippen LogP contribution in [0.3, 0.4) is 0 Å². The van der Waals surface area contributed by atoms with Gasteiger partial charge in [0.05, 0.1) is 7.11 Å². The molecule has 0 spiro atoms. The minimum Gasteiger partial charge on any atom is -0.497 e. The lowest BCUT2D eigenvalue weighted by molar-refractivity contribution is 0.309. The Balaban J connectivity index is 1.44. The molecule has 2 aromatic heterocycles. The van der Waals surface area contributed by atoms with Crippen molar-refractivity contribution in [3.8, 4) is 11.1 Å². The van der Waals surface area contributed by atoms with Crippen LogP contribution in [0.25, 0.3) is 60.6 Å². The van der Waals surface area contributed by atoms with Crippen LogP contribution in [-0.2, 0) is 4.74 Å². The summed E-state index contributed by atoms with van der Waals surface area (Å²) >= 11 is 0. The molecule has 6 aromatic rings. The van der Waals surface area contributed by atoms with Gasteiger partial charge in [0.1, 0.15) is 28.1 Å². The van der Waals surface area contributed by atoms with Crippen molar-refractivity contribution in [2.24, 2.45) is 0 Å². The summed E-state index contributed by atoms with van der Waals surface area (Å²) in [7, 11) is 1.62. The molecule has 0 saturated heterocycles. The zero-order chi connectivity index (χ0) is 24.8. The van der Waals surface area contributed by atoms with Crippen LogP contribution in [-0.4, -0.2) is 7.11 Å². The second kappa shape index (κ2) is 8.62. The first-order valence-corrected chi connectivity index (χ1v) is 12.0. The minimum atomic E-state index is 0.611. The molecule has 3 heteroatoms. The van der Waals surface area contributed by atoms with Crippen molar-refractivity contribution in [1.29, 1.82) is 0 Å². The van der Waals surface area contributed by atoms with Gasteiger partial charge in [-0.25, -0.2) is 0 Å². The quantitative estimate of drug-likeness (QED) is 0.186. The molecule has 2 heterocycles. The molecule has 0 unspecified atom stereocenters. The van der Waals surface area contributed by atoms with Crippen LogP contribution in [0.2, 0.25) is 0 Å². The van der Waals surface area contributed by atoms with Crippen molar-refractivity contribution >= 4 is 49.5 Å². The molecule has 4 aromatic carbocycles. The van der Waals surface area contributed by atoms with Crippen LogP contribution in [0.15, 0.2) is 112 Å². The normalized spacial score (nSPS) is 12.5. The summed E-state index contributed by atoms with van der Waals surface area (Å²) in [5.41, 5.74) is 9.16. The topological polar surface area (TPSA) is 35.5 Å². The minimum absolute atomic E-state index is 0.611.